The largest absolute Gasteiger partial charge is 0.467 e. The van der Waals surface area contributed by atoms with E-state index in [1.807, 2.05) is 80.6 Å². The zero-order chi connectivity index (χ0) is 37.8. The third-order valence-electron chi connectivity index (χ3n) is 8.89. The minimum atomic E-state index is -1.14. The van der Waals surface area contributed by atoms with E-state index >= 15 is 0 Å². The molecule has 0 unspecified atom stereocenters. The van der Waals surface area contributed by atoms with E-state index in [1.54, 1.807) is 32.9 Å². The quantitative estimate of drug-likeness (QED) is 0.193. The monoisotopic (exact) mass is 716 g/mol. The molecule has 2 aliphatic heterocycles. The second kappa shape index (κ2) is 18.5. The van der Waals surface area contributed by atoms with Crippen LogP contribution in [-0.2, 0) is 43.1 Å². The molecule has 52 heavy (non-hydrogen) atoms. The highest BCUT2D eigenvalue weighted by molar-refractivity contribution is 5.92. The molecule has 3 amide bonds. The lowest BCUT2D eigenvalue weighted by atomic mass is 9.96. The number of rotatable bonds is 10. The van der Waals surface area contributed by atoms with Crippen LogP contribution in [0.1, 0.15) is 57.7 Å². The molecular formula is C40H52N4O8. The van der Waals surface area contributed by atoms with Crippen LogP contribution >= 0.6 is 0 Å². The summed E-state index contributed by atoms with van der Waals surface area (Å²) in [5, 5.41) is 23.2. The van der Waals surface area contributed by atoms with Crippen molar-refractivity contribution in [2.75, 3.05) is 13.7 Å². The first kappa shape index (κ1) is 39.8. The summed E-state index contributed by atoms with van der Waals surface area (Å²) in [5.41, 5.74) is 1.69. The molecule has 0 aromatic heterocycles. The summed E-state index contributed by atoms with van der Waals surface area (Å²) in [7, 11) is 1.26. The molecule has 0 saturated heterocycles. The molecule has 6 atom stereocenters. The van der Waals surface area contributed by atoms with Crippen molar-refractivity contribution in [1.29, 1.82) is 0 Å². The van der Waals surface area contributed by atoms with E-state index in [1.165, 1.54) is 7.11 Å². The maximum absolute atomic E-state index is 14.2. The highest BCUT2D eigenvalue weighted by atomic mass is 16.6. The van der Waals surface area contributed by atoms with Crippen LogP contribution in [0, 0.1) is 5.92 Å². The Morgan fingerprint density at radius 2 is 1.63 bits per heavy atom. The number of fused-ring (bicyclic) bond motifs is 10. The van der Waals surface area contributed by atoms with E-state index < -0.39 is 59.7 Å². The van der Waals surface area contributed by atoms with Gasteiger partial charge in [0.15, 0.2) is 0 Å². The molecule has 0 saturated carbocycles. The van der Waals surface area contributed by atoms with Gasteiger partial charge < -0.3 is 40.6 Å². The van der Waals surface area contributed by atoms with Gasteiger partial charge in [0, 0.05) is 13.0 Å². The molecule has 4 bridgehead atoms. The van der Waals surface area contributed by atoms with Gasteiger partial charge in [-0.2, -0.15) is 0 Å². The topological polar surface area (TPSA) is 164 Å². The molecule has 5 N–H and O–H groups in total. The van der Waals surface area contributed by atoms with E-state index in [-0.39, 0.29) is 25.3 Å². The van der Waals surface area contributed by atoms with Gasteiger partial charge in [-0.3, -0.25) is 9.59 Å². The lowest BCUT2D eigenvalue weighted by Crippen LogP contribution is -2.59. The second-order valence-corrected chi connectivity index (χ2v) is 14.2. The Kier molecular flexibility index (Phi) is 14.2. The van der Waals surface area contributed by atoms with Crippen molar-refractivity contribution < 1.29 is 38.5 Å². The lowest BCUT2D eigenvalue weighted by molar-refractivity contribution is -0.145. The SMILES string of the molecule is CC[C@H](C)[C@@H]1NC(=O)[C@@H](NC[C@H](O)[C@H](Cc2ccccc2)NC(=O)OC(C)(C)C)Cc2cccc(c2)Oc2ccc(cc2)C[C@@H](C(=O)OC)NC1=O. The first-order valence-corrected chi connectivity index (χ1v) is 17.7. The van der Waals surface area contributed by atoms with Crippen LogP contribution in [0.15, 0.2) is 78.9 Å². The van der Waals surface area contributed by atoms with Gasteiger partial charge in [0.25, 0.3) is 0 Å². The number of ether oxygens (including phenoxy) is 3. The Bertz CT molecular complexity index is 1640. The summed E-state index contributed by atoms with van der Waals surface area (Å²) in [6, 6.07) is 20.3. The van der Waals surface area contributed by atoms with Crippen molar-refractivity contribution in [3.63, 3.8) is 0 Å². The van der Waals surface area contributed by atoms with E-state index in [0.717, 1.165) is 16.7 Å². The van der Waals surface area contributed by atoms with E-state index in [4.69, 9.17) is 14.2 Å². The van der Waals surface area contributed by atoms with Crippen molar-refractivity contribution in [2.24, 2.45) is 5.92 Å². The van der Waals surface area contributed by atoms with Crippen molar-refractivity contribution >= 4 is 23.9 Å². The Morgan fingerprint density at radius 3 is 2.29 bits per heavy atom. The molecule has 0 spiro atoms. The van der Waals surface area contributed by atoms with Gasteiger partial charge in [-0.1, -0.05) is 74.9 Å². The Hall–Kier alpha value is -4.94. The zero-order valence-corrected chi connectivity index (χ0v) is 30.8. The number of hydrogen-bond acceptors (Lipinski definition) is 9. The summed E-state index contributed by atoms with van der Waals surface area (Å²) in [5.74, 6) is -0.786. The van der Waals surface area contributed by atoms with Crippen molar-refractivity contribution in [3.05, 3.63) is 95.6 Å². The van der Waals surface area contributed by atoms with Crippen LogP contribution in [0.5, 0.6) is 11.5 Å². The first-order valence-electron chi connectivity index (χ1n) is 17.7. The molecule has 0 fully saturated rings. The van der Waals surface area contributed by atoms with Crippen LogP contribution in [0.2, 0.25) is 0 Å². The van der Waals surface area contributed by atoms with E-state index in [2.05, 4.69) is 21.3 Å². The third-order valence-corrected chi connectivity index (χ3v) is 8.89. The Morgan fingerprint density at radius 1 is 0.923 bits per heavy atom. The highest BCUT2D eigenvalue weighted by Gasteiger charge is 2.33. The molecule has 12 nitrogen and oxygen atoms in total. The highest BCUT2D eigenvalue weighted by Crippen LogP contribution is 2.24. The van der Waals surface area contributed by atoms with Gasteiger partial charge >= 0.3 is 12.1 Å². The fourth-order valence-electron chi connectivity index (χ4n) is 5.86. The maximum atomic E-state index is 14.2. The lowest BCUT2D eigenvalue weighted by Gasteiger charge is -2.30. The predicted octanol–water partition coefficient (Wildman–Crippen LogP) is 4.22. The molecule has 12 heteroatoms. The third kappa shape index (κ3) is 12.1. The number of hydrogen-bond donors (Lipinski definition) is 5. The number of carbonyl (C=O) groups is 4. The minimum absolute atomic E-state index is 0.0850. The first-order chi connectivity index (χ1) is 24.7. The van der Waals surface area contributed by atoms with Crippen LogP contribution < -0.4 is 26.0 Å². The number of benzene rings is 3. The minimum Gasteiger partial charge on any atom is -0.467 e. The average molecular weight is 717 g/mol. The Balaban J connectivity index is 1.65. The number of aliphatic hydroxyl groups excluding tert-OH is 1. The zero-order valence-electron chi connectivity index (χ0n) is 30.8. The summed E-state index contributed by atoms with van der Waals surface area (Å²) in [6.45, 7) is 8.94. The van der Waals surface area contributed by atoms with Gasteiger partial charge in [0.05, 0.1) is 25.3 Å². The summed E-state index contributed by atoms with van der Waals surface area (Å²) >= 11 is 0. The number of amides is 3. The maximum Gasteiger partial charge on any atom is 0.407 e. The second-order valence-electron chi connectivity index (χ2n) is 14.2. The fourth-order valence-corrected chi connectivity index (χ4v) is 5.86. The standard InChI is InChI=1S/C40H52N4O8/c1-7-25(2)35-37(47)42-33(38(48)50-6)22-27-16-18-29(19-17-27)51-30-15-11-14-28(20-30)23-32(36(46)44-35)41-24-34(45)31(21-26-12-9-8-10-13-26)43-39(49)52-40(3,4)5/h8-20,25,31-35,41,45H,7,21-24H2,1-6H3,(H,42,47)(H,43,49)(H,44,46)/t25-,31-,32-,33-,34-,35-/m0/s1. The van der Waals surface area contributed by atoms with Gasteiger partial charge in [-0.25, -0.2) is 9.59 Å². The van der Waals surface area contributed by atoms with Gasteiger partial charge in [0.1, 0.15) is 29.2 Å². The molecule has 2 aliphatic rings. The van der Waals surface area contributed by atoms with Crippen LogP contribution in [-0.4, -0.2) is 78.5 Å². The molecule has 280 valence electrons. The van der Waals surface area contributed by atoms with Gasteiger partial charge in [-0.15, -0.1) is 0 Å². The van der Waals surface area contributed by atoms with E-state index in [9.17, 15) is 24.3 Å². The fraction of sp³-hybridized carbons (Fsp3) is 0.450. The number of alkyl carbamates (subject to hydrolysis) is 1. The molecule has 0 aliphatic carbocycles. The summed E-state index contributed by atoms with van der Waals surface area (Å²) in [4.78, 5) is 53.6. The number of aliphatic hydroxyl groups is 1. The molecule has 3 aromatic carbocycles. The molecule has 5 rings (SSSR count). The van der Waals surface area contributed by atoms with Gasteiger partial charge in [-0.05, 0) is 80.5 Å². The van der Waals surface area contributed by atoms with Gasteiger partial charge in [0.2, 0.25) is 11.8 Å². The van der Waals surface area contributed by atoms with Crippen molar-refractivity contribution in [1.82, 2.24) is 21.3 Å². The van der Waals surface area contributed by atoms with Crippen LogP contribution in [0.4, 0.5) is 4.79 Å². The molecule has 2 heterocycles. The number of methoxy groups -OCH3 is 1. The average Bonchev–Trinajstić information content (AvgIpc) is 3.11. The number of esters is 1. The van der Waals surface area contributed by atoms with Crippen LogP contribution in [0.3, 0.4) is 0 Å². The summed E-state index contributed by atoms with van der Waals surface area (Å²) < 4.78 is 16.6. The number of carbonyl (C=O) groups excluding carboxylic acids is 4. The van der Waals surface area contributed by atoms with Crippen molar-refractivity contribution in [3.8, 4) is 11.5 Å². The Labute approximate surface area is 306 Å². The molecule has 3 aromatic rings. The normalized spacial score (nSPS) is 19.9. The molecular weight excluding hydrogens is 664 g/mol. The number of nitrogens with one attached hydrogen (secondary N) is 4. The smallest absolute Gasteiger partial charge is 0.407 e. The van der Waals surface area contributed by atoms with E-state index in [0.29, 0.717) is 24.3 Å². The molecule has 0 radical (unpaired) electrons. The predicted molar refractivity (Wildman–Crippen MR) is 197 cm³/mol. The van der Waals surface area contributed by atoms with Crippen molar-refractivity contribution in [2.45, 2.75) is 96.2 Å². The summed E-state index contributed by atoms with van der Waals surface area (Å²) in [6.07, 6.45) is -0.606. The van der Waals surface area contributed by atoms with Crippen LogP contribution in [0.25, 0.3) is 0 Å².